The molecule has 1 aromatic carbocycles. The molecule has 1 heterocycles. The predicted molar refractivity (Wildman–Crippen MR) is 94.4 cm³/mol. The van der Waals surface area contributed by atoms with Crippen LogP contribution < -0.4 is 5.32 Å². The van der Waals surface area contributed by atoms with Crippen LogP contribution >= 0.6 is 23.5 Å². The molecule has 1 atom stereocenters. The Kier molecular flexibility index (Phi) is 6.93. The van der Waals surface area contributed by atoms with E-state index in [1.54, 1.807) is 29.8 Å². The van der Waals surface area contributed by atoms with Crippen molar-refractivity contribution in [2.45, 2.75) is 29.7 Å². The predicted octanol–water partition coefficient (Wildman–Crippen LogP) is 4.12. The van der Waals surface area contributed by atoms with Crippen LogP contribution in [0.25, 0.3) is 0 Å². The first kappa shape index (κ1) is 17.0. The van der Waals surface area contributed by atoms with E-state index in [9.17, 15) is 4.79 Å². The summed E-state index contributed by atoms with van der Waals surface area (Å²) in [7, 11) is 0. The van der Waals surface area contributed by atoms with Crippen molar-refractivity contribution >= 4 is 29.4 Å². The Morgan fingerprint density at radius 3 is 2.73 bits per heavy atom. The summed E-state index contributed by atoms with van der Waals surface area (Å²) in [6.07, 6.45) is 1.68. The Bertz CT molecular complexity index is 567. The minimum Gasteiger partial charge on any atom is -0.468 e. The Labute approximate surface area is 140 Å². The number of carbonyl (C=O) groups excluding carboxylic acids is 1. The number of hydrogen-bond donors (Lipinski definition) is 1. The molecular formula is C17H21NO2S2. The van der Waals surface area contributed by atoms with Crippen LogP contribution in [0.1, 0.15) is 18.2 Å². The number of nitrogens with one attached hydrogen (secondary N) is 1. The second kappa shape index (κ2) is 8.96. The quantitative estimate of drug-likeness (QED) is 0.582. The standard InChI is InChI=1S/C17H21NO2S2/c1-13-5-7-16(8-6-13)22-14(2)17(19)18-9-11-21-12-15-4-3-10-20-15/h3-8,10,14H,9,11-12H2,1-2H3,(H,18,19). The van der Waals surface area contributed by atoms with Crippen molar-refractivity contribution in [2.24, 2.45) is 0 Å². The van der Waals surface area contributed by atoms with Crippen LogP contribution in [0.5, 0.6) is 0 Å². The van der Waals surface area contributed by atoms with Gasteiger partial charge in [-0.25, -0.2) is 0 Å². The van der Waals surface area contributed by atoms with Gasteiger partial charge in [-0.15, -0.1) is 11.8 Å². The SMILES string of the molecule is Cc1ccc(SC(C)C(=O)NCCSCc2ccco2)cc1. The first-order valence-electron chi connectivity index (χ1n) is 7.26. The fraction of sp³-hybridized carbons (Fsp3) is 0.353. The molecule has 0 aliphatic carbocycles. The second-order valence-corrected chi connectivity index (χ2v) is 7.52. The molecule has 1 N–H and O–H groups in total. The van der Waals surface area contributed by atoms with Gasteiger partial charge in [0.05, 0.1) is 17.3 Å². The lowest BCUT2D eigenvalue weighted by atomic mass is 10.2. The van der Waals surface area contributed by atoms with Gasteiger partial charge in [0.1, 0.15) is 5.76 Å². The maximum absolute atomic E-state index is 12.0. The summed E-state index contributed by atoms with van der Waals surface area (Å²) in [5.41, 5.74) is 1.23. The molecule has 3 nitrogen and oxygen atoms in total. The van der Waals surface area contributed by atoms with Crippen molar-refractivity contribution in [3.8, 4) is 0 Å². The topological polar surface area (TPSA) is 42.2 Å². The first-order valence-corrected chi connectivity index (χ1v) is 9.30. The molecule has 0 saturated heterocycles. The Morgan fingerprint density at radius 2 is 2.05 bits per heavy atom. The minimum absolute atomic E-state index is 0.0854. The number of aryl methyl sites for hydroxylation is 1. The summed E-state index contributed by atoms with van der Waals surface area (Å²) < 4.78 is 5.26. The van der Waals surface area contributed by atoms with Gasteiger partial charge in [0.15, 0.2) is 0 Å². The first-order chi connectivity index (χ1) is 10.6. The third-order valence-corrected chi connectivity index (χ3v) is 5.17. The van der Waals surface area contributed by atoms with Gasteiger partial charge in [-0.05, 0) is 38.1 Å². The van der Waals surface area contributed by atoms with E-state index < -0.39 is 0 Å². The summed E-state index contributed by atoms with van der Waals surface area (Å²) in [6, 6.07) is 12.1. The smallest absolute Gasteiger partial charge is 0.233 e. The van der Waals surface area contributed by atoms with Crippen LogP contribution in [0.4, 0.5) is 0 Å². The lowest BCUT2D eigenvalue weighted by molar-refractivity contribution is -0.120. The average molecular weight is 335 g/mol. The van der Waals surface area contributed by atoms with E-state index in [4.69, 9.17) is 4.42 Å². The summed E-state index contributed by atoms with van der Waals surface area (Å²) in [4.78, 5) is 13.2. The number of benzene rings is 1. The van der Waals surface area contributed by atoms with Gasteiger partial charge in [0.25, 0.3) is 0 Å². The maximum atomic E-state index is 12.0. The Balaban J connectivity index is 1.62. The zero-order chi connectivity index (χ0) is 15.8. The highest BCUT2D eigenvalue weighted by atomic mass is 32.2. The van der Waals surface area contributed by atoms with Gasteiger partial charge < -0.3 is 9.73 Å². The van der Waals surface area contributed by atoms with Crippen LogP contribution in [0.3, 0.4) is 0 Å². The molecule has 2 aromatic rings. The van der Waals surface area contributed by atoms with E-state index in [2.05, 4.69) is 36.5 Å². The van der Waals surface area contributed by atoms with E-state index in [0.717, 1.165) is 22.2 Å². The molecule has 0 aliphatic heterocycles. The van der Waals surface area contributed by atoms with Crippen molar-refractivity contribution in [3.05, 3.63) is 54.0 Å². The molecule has 118 valence electrons. The summed E-state index contributed by atoms with van der Waals surface area (Å²) in [5, 5.41) is 2.90. The van der Waals surface area contributed by atoms with E-state index in [1.807, 2.05) is 19.1 Å². The van der Waals surface area contributed by atoms with Gasteiger partial charge >= 0.3 is 0 Å². The number of amides is 1. The minimum atomic E-state index is -0.0854. The lowest BCUT2D eigenvalue weighted by Crippen LogP contribution is -2.32. The van der Waals surface area contributed by atoms with Crippen molar-refractivity contribution in [2.75, 3.05) is 12.3 Å². The fourth-order valence-corrected chi connectivity index (χ4v) is 3.48. The molecule has 0 spiro atoms. The number of furan rings is 1. The summed E-state index contributed by atoms with van der Waals surface area (Å²) in [6.45, 7) is 4.68. The average Bonchev–Trinajstić information content (AvgIpc) is 3.02. The maximum Gasteiger partial charge on any atom is 0.233 e. The molecule has 22 heavy (non-hydrogen) atoms. The molecule has 0 aliphatic rings. The molecule has 1 amide bonds. The second-order valence-electron chi connectivity index (χ2n) is 5.00. The molecule has 0 saturated carbocycles. The number of hydrogen-bond acceptors (Lipinski definition) is 4. The van der Waals surface area contributed by atoms with E-state index >= 15 is 0 Å². The number of thioether (sulfide) groups is 2. The van der Waals surface area contributed by atoms with Gasteiger partial charge in [-0.1, -0.05) is 17.7 Å². The van der Waals surface area contributed by atoms with Crippen LogP contribution in [0.2, 0.25) is 0 Å². The van der Waals surface area contributed by atoms with Crippen LogP contribution in [0, 0.1) is 6.92 Å². The Hall–Kier alpha value is -1.33. The molecule has 0 bridgehead atoms. The zero-order valence-electron chi connectivity index (χ0n) is 12.9. The molecule has 5 heteroatoms. The van der Waals surface area contributed by atoms with E-state index in [-0.39, 0.29) is 11.2 Å². The lowest BCUT2D eigenvalue weighted by Gasteiger charge is -2.12. The summed E-state index contributed by atoms with van der Waals surface area (Å²) in [5.74, 6) is 2.79. The Morgan fingerprint density at radius 1 is 1.27 bits per heavy atom. The van der Waals surface area contributed by atoms with Crippen LogP contribution in [-0.2, 0) is 10.5 Å². The molecule has 1 unspecified atom stereocenters. The molecule has 0 radical (unpaired) electrons. The molecular weight excluding hydrogens is 314 g/mol. The van der Waals surface area contributed by atoms with Gasteiger partial charge in [0, 0.05) is 17.2 Å². The highest BCUT2D eigenvalue weighted by Crippen LogP contribution is 2.23. The van der Waals surface area contributed by atoms with Gasteiger partial charge in [-0.3, -0.25) is 4.79 Å². The zero-order valence-corrected chi connectivity index (χ0v) is 14.5. The summed E-state index contributed by atoms with van der Waals surface area (Å²) >= 11 is 3.34. The van der Waals surface area contributed by atoms with Crippen LogP contribution in [-0.4, -0.2) is 23.5 Å². The van der Waals surface area contributed by atoms with Crippen molar-refractivity contribution in [1.29, 1.82) is 0 Å². The van der Waals surface area contributed by atoms with Crippen molar-refractivity contribution < 1.29 is 9.21 Å². The van der Waals surface area contributed by atoms with Crippen molar-refractivity contribution in [3.63, 3.8) is 0 Å². The van der Waals surface area contributed by atoms with Crippen LogP contribution in [0.15, 0.2) is 52.0 Å². The van der Waals surface area contributed by atoms with Crippen molar-refractivity contribution in [1.82, 2.24) is 5.32 Å². The van der Waals surface area contributed by atoms with E-state index in [0.29, 0.717) is 6.54 Å². The number of carbonyl (C=O) groups is 1. The highest BCUT2D eigenvalue weighted by molar-refractivity contribution is 8.00. The third kappa shape index (κ3) is 5.81. The van der Waals surface area contributed by atoms with E-state index in [1.165, 1.54) is 5.56 Å². The number of rotatable bonds is 8. The molecule has 2 rings (SSSR count). The monoisotopic (exact) mass is 335 g/mol. The highest BCUT2D eigenvalue weighted by Gasteiger charge is 2.13. The fourth-order valence-electron chi connectivity index (χ4n) is 1.83. The molecule has 1 aromatic heterocycles. The normalized spacial score (nSPS) is 12.1. The van der Waals surface area contributed by atoms with Gasteiger partial charge in [-0.2, -0.15) is 11.8 Å². The largest absolute Gasteiger partial charge is 0.468 e. The molecule has 0 fully saturated rings. The third-order valence-electron chi connectivity index (χ3n) is 3.07. The van der Waals surface area contributed by atoms with Gasteiger partial charge in [0.2, 0.25) is 5.91 Å².